The van der Waals surface area contributed by atoms with Gasteiger partial charge < -0.3 is 0 Å². The highest BCUT2D eigenvalue weighted by molar-refractivity contribution is 7.96. The summed E-state index contributed by atoms with van der Waals surface area (Å²) < 4.78 is 0. The van der Waals surface area contributed by atoms with Crippen molar-refractivity contribution in [2.75, 3.05) is 0 Å². The molecule has 0 saturated carbocycles. The highest BCUT2D eigenvalue weighted by atomic mass is 32.2. The second-order valence-electron chi connectivity index (χ2n) is 3.83. The summed E-state index contributed by atoms with van der Waals surface area (Å²) >= 11 is 0. The molecule has 0 saturated heterocycles. The molecule has 92 valence electrons. The molecule has 3 heterocycles. The van der Waals surface area contributed by atoms with E-state index in [1.165, 1.54) is 4.90 Å². The molecule has 0 bridgehead atoms. The Morgan fingerprint density at radius 1 is 0.632 bits per heavy atom. The first kappa shape index (κ1) is 11.9. The van der Waals surface area contributed by atoms with Crippen LogP contribution in [0.15, 0.2) is 88.3 Å². The molecular formula is C15H12N3S+. The topological polar surface area (TPSA) is 38.7 Å². The van der Waals surface area contributed by atoms with Crippen molar-refractivity contribution in [3.8, 4) is 0 Å². The van der Waals surface area contributed by atoms with Crippen LogP contribution in [0.5, 0.6) is 0 Å². The Kier molecular flexibility index (Phi) is 3.51. The fourth-order valence-electron chi connectivity index (χ4n) is 1.76. The first-order chi connectivity index (χ1) is 9.45. The molecule has 0 aromatic carbocycles. The molecule has 3 rings (SSSR count). The van der Waals surface area contributed by atoms with Gasteiger partial charge in [0.15, 0.2) is 4.90 Å². The fraction of sp³-hybridized carbons (Fsp3) is 0. The van der Waals surface area contributed by atoms with E-state index in [0.29, 0.717) is 0 Å². The van der Waals surface area contributed by atoms with Crippen molar-refractivity contribution in [2.45, 2.75) is 14.9 Å². The van der Waals surface area contributed by atoms with E-state index in [-0.39, 0.29) is 10.9 Å². The zero-order valence-electron chi connectivity index (χ0n) is 10.2. The van der Waals surface area contributed by atoms with Crippen molar-refractivity contribution in [2.24, 2.45) is 0 Å². The Morgan fingerprint density at radius 3 is 1.68 bits per heavy atom. The summed E-state index contributed by atoms with van der Waals surface area (Å²) in [4.78, 5) is 14.2. The van der Waals surface area contributed by atoms with E-state index >= 15 is 0 Å². The van der Waals surface area contributed by atoms with Gasteiger partial charge in [-0.2, -0.15) is 0 Å². The number of pyridine rings is 3. The highest BCUT2D eigenvalue weighted by Gasteiger charge is 2.31. The van der Waals surface area contributed by atoms with E-state index < -0.39 is 0 Å². The van der Waals surface area contributed by atoms with Crippen LogP contribution in [0, 0.1) is 0 Å². The quantitative estimate of drug-likeness (QED) is 0.684. The van der Waals surface area contributed by atoms with Crippen molar-refractivity contribution in [3.63, 3.8) is 0 Å². The average molecular weight is 266 g/mol. The van der Waals surface area contributed by atoms with E-state index in [4.69, 9.17) is 0 Å². The lowest BCUT2D eigenvalue weighted by atomic mass is 10.5. The van der Waals surface area contributed by atoms with Crippen molar-refractivity contribution in [1.82, 2.24) is 15.0 Å². The molecule has 0 unspecified atom stereocenters. The van der Waals surface area contributed by atoms with E-state index in [2.05, 4.69) is 15.0 Å². The number of hydrogen-bond donors (Lipinski definition) is 0. The third-order valence-corrected chi connectivity index (χ3v) is 4.64. The maximum Gasteiger partial charge on any atom is 0.259 e. The summed E-state index contributed by atoms with van der Waals surface area (Å²) in [6, 6.07) is 16.0. The summed E-state index contributed by atoms with van der Waals surface area (Å²) in [6.07, 6.45) is 7.25. The average Bonchev–Trinajstić information content (AvgIpc) is 2.51. The lowest BCUT2D eigenvalue weighted by molar-refractivity contribution is 1.06. The van der Waals surface area contributed by atoms with Crippen molar-refractivity contribution in [3.05, 3.63) is 73.3 Å². The molecule has 4 heteroatoms. The van der Waals surface area contributed by atoms with Crippen molar-refractivity contribution >= 4 is 10.9 Å². The van der Waals surface area contributed by atoms with Crippen LogP contribution >= 0.6 is 0 Å². The predicted octanol–water partition coefficient (Wildman–Crippen LogP) is 2.97. The van der Waals surface area contributed by atoms with E-state index in [1.54, 1.807) is 12.4 Å². The molecule has 19 heavy (non-hydrogen) atoms. The van der Waals surface area contributed by atoms with Crippen LogP contribution in [-0.4, -0.2) is 15.0 Å². The first-order valence-corrected chi connectivity index (χ1v) is 7.14. The zero-order valence-corrected chi connectivity index (χ0v) is 11.0. The normalized spacial score (nSPS) is 10.6. The predicted molar refractivity (Wildman–Crippen MR) is 74.9 cm³/mol. The van der Waals surface area contributed by atoms with Gasteiger partial charge in [0, 0.05) is 49.1 Å². The Labute approximate surface area is 114 Å². The van der Waals surface area contributed by atoms with Crippen LogP contribution in [0.4, 0.5) is 0 Å². The minimum atomic E-state index is -0.277. The van der Waals surface area contributed by atoms with Gasteiger partial charge in [-0.3, -0.25) is 4.98 Å². The maximum absolute atomic E-state index is 4.48. The van der Waals surface area contributed by atoms with Gasteiger partial charge >= 0.3 is 0 Å². The van der Waals surface area contributed by atoms with Crippen molar-refractivity contribution in [1.29, 1.82) is 0 Å². The minimum absolute atomic E-state index is 0.277. The highest BCUT2D eigenvalue weighted by Crippen LogP contribution is 2.27. The number of nitrogens with zero attached hydrogens (tertiary/aromatic N) is 3. The minimum Gasteiger partial charge on any atom is -0.264 e. The molecule has 0 aliphatic carbocycles. The Bertz CT molecular complexity index is 535. The van der Waals surface area contributed by atoms with Crippen LogP contribution in [0.2, 0.25) is 0 Å². The standard InChI is InChI=1S/C15H12N3S/c1-3-9-17-14(5-1)19(13-7-11-16-12-8-13)15-6-2-4-10-18-15/h1-12H/q+1. The molecular weight excluding hydrogens is 254 g/mol. The zero-order chi connectivity index (χ0) is 12.9. The van der Waals surface area contributed by atoms with Gasteiger partial charge in [-0.1, -0.05) is 12.1 Å². The van der Waals surface area contributed by atoms with Crippen LogP contribution in [0.1, 0.15) is 0 Å². The summed E-state index contributed by atoms with van der Waals surface area (Å²) in [5.74, 6) is 0. The largest absolute Gasteiger partial charge is 0.264 e. The summed E-state index contributed by atoms with van der Waals surface area (Å²) in [5.41, 5.74) is 0. The second-order valence-corrected chi connectivity index (χ2v) is 5.75. The SMILES string of the molecule is c1ccc([S+](c2ccncc2)c2ccccn2)nc1. The molecule has 3 nitrogen and oxygen atoms in total. The molecule has 3 aromatic rings. The van der Waals surface area contributed by atoms with Gasteiger partial charge in [-0.25, -0.2) is 9.97 Å². The molecule has 0 aliphatic rings. The summed E-state index contributed by atoms with van der Waals surface area (Å²) in [7, 11) is -0.277. The Balaban J connectivity index is 2.12. The molecule has 3 aromatic heterocycles. The lowest BCUT2D eigenvalue weighted by Crippen LogP contribution is -2.08. The van der Waals surface area contributed by atoms with Crippen LogP contribution in [0.25, 0.3) is 0 Å². The van der Waals surface area contributed by atoms with Gasteiger partial charge in [0.05, 0.1) is 0 Å². The lowest BCUT2D eigenvalue weighted by Gasteiger charge is -2.04. The third-order valence-electron chi connectivity index (χ3n) is 2.58. The molecule has 0 atom stereocenters. The van der Waals surface area contributed by atoms with Crippen molar-refractivity contribution < 1.29 is 0 Å². The monoisotopic (exact) mass is 266 g/mol. The Hall–Kier alpha value is -2.20. The maximum atomic E-state index is 4.48. The number of hydrogen-bond acceptors (Lipinski definition) is 3. The Morgan fingerprint density at radius 2 is 1.21 bits per heavy atom. The van der Waals surface area contributed by atoms with Gasteiger partial charge in [-0.05, 0) is 12.1 Å². The van der Waals surface area contributed by atoms with E-state index in [0.717, 1.165) is 10.1 Å². The van der Waals surface area contributed by atoms with Gasteiger partial charge in [0.1, 0.15) is 10.9 Å². The van der Waals surface area contributed by atoms with Gasteiger partial charge in [0.2, 0.25) is 0 Å². The van der Waals surface area contributed by atoms with Crippen LogP contribution in [-0.2, 0) is 10.9 Å². The van der Waals surface area contributed by atoms with E-state index in [1.807, 2.05) is 60.9 Å². The number of rotatable bonds is 3. The fourth-order valence-corrected chi connectivity index (χ4v) is 3.61. The van der Waals surface area contributed by atoms with Crippen LogP contribution < -0.4 is 0 Å². The molecule has 0 fully saturated rings. The molecule has 0 spiro atoms. The molecule has 0 amide bonds. The smallest absolute Gasteiger partial charge is 0.259 e. The molecule has 0 radical (unpaired) electrons. The van der Waals surface area contributed by atoms with E-state index in [9.17, 15) is 0 Å². The second kappa shape index (κ2) is 5.63. The summed E-state index contributed by atoms with van der Waals surface area (Å²) in [6.45, 7) is 0. The molecule has 0 aliphatic heterocycles. The summed E-state index contributed by atoms with van der Waals surface area (Å²) in [5, 5.41) is 2.04. The first-order valence-electron chi connectivity index (χ1n) is 5.91. The van der Waals surface area contributed by atoms with Gasteiger partial charge in [-0.15, -0.1) is 0 Å². The van der Waals surface area contributed by atoms with Crippen LogP contribution in [0.3, 0.4) is 0 Å². The number of aromatic nitrogens is 3. The molecule has 0 N–H and O–H groups in total. The third kappa shape index (κ3) is 2.63. The van der Waals surface area contributed by atoms with Gasteiger partial charge in [0.25, 0.3) is 10.1 Å².